The monoisotopic (exact) mass is 284 g/mol. The second-order valence-electron chi connectivity index (χ2n) is 4.20. The molecule has 1 atom stereocenters. The SMILES string of the molecule is COCCC(NC(=O)Nc1c(C)cccc1F)C(=O)O. The van der Waals surface area contributed by atoms with Gasteiger partial charge in [-0.1, -0.05) is 12.1 Å². The molecule has 1 rings (SSSR count). The Kier molecular flexibility index (Phi) is 5.92. The average Bonchev–Trinajstić information content (AvgIpc) is 2.38. The lowest BCUT2D eigenvalue weighted by molar-refractivity contribution is -0.139. The zero-order valence-electron chi connectivity index (χ0n) is 11.3. The molecular weight excluding hydrogens is 267 g/mol. The third-order valence-corrected chi connectivity index (χ3v) is 2.67. The van der Waals surface area contributed by atoms with Crippen LogP contribution in [0.15, 0.2) is 18.2 Å². The summed E-state index contributed by atoms with van der Waals surface area (Å²) >= 11 is 0. The van der Waals surface area contributed by atoms with Crippen molar-refractivity contribution in [1.29, 1.82) is 0 Å². The van der Waals surface area contributed by atoms with Crippen molar-refractivity contribution >= 4 is 17.7 Å². The normalized spacial score (nSPS) is 11.8. The molecule has 0 spiro atoms. The van der Waals surface area contributed by atoms with Gasteiger partial charge in [0.1, 0.15) is 11.9 Å². The fourth-order valence-corrected chi connectivity index (χ4v) is 1.59. The highest BCUT2D eigenvalue weighted by Crippen LogP contribution is 2.18. The first-order valence-electron chi connectivity index (χ1n) is 6.00. The number of aryl methyl sites for hydroxylation is 1. The maximum absolute atomic E-state index is 13.5. The standard InChI is InChI=1S/C13H17FN2O4/c1-8-4-3-5-9(14)11(8)16-13(19)15-10(12(17)18)6-7-20-2/h3-5,10H,6-7H2,1-2H3,(H,17,18)(H2,15,16,19). The molecule has 0 aliphatic heterocycles. The molecule has 0 aliphatic rings. The molecule has 0 saturated heterocycles. The van der Waals surface area contributed by atoms with Gasteiger partial charge in [-0.05, 0) is 18.6 Å². The van der Waals surface area contributed by atoms with E-state index in [0.717, 1.165) is 0 Å². The quantitative estimate of drug-likeness (QED) is 0.742. The van der Waals surface area contributed by atoms with Gasteiger partial charge >= 0.3 is 12.0 Å². The number of methoxy groups -OCH3 is 1. The predicted molar refractivity (Wildman–Crippen MR) is 71.2 cm³/mol. The molecule has 0 heterocycles. The molecule has 20 heavy (non-hydrogen) atoms. The lowest BCUT2D eigenvalue weighted by Crippen LogP contribution is -2.43. The largest absolute Gasteiger partial charge is 0.480 e. The van der Waals surface area contributed by atoms with Gasteiger partial charge in [0, 0.05) is 20.1 Å². The van der Waals surface area contributed by atoms with E-state index in [4.69, 9.17) is 9.84 Å². The van der Waals surface area contributed by atoms with Crippen LogP contribution in [0.4, 0.5) is 14.9 Å². The molecule has 6 nitrogen and oxygen atoms in total. The van der Waals surface area contributed by atoms with Crippen molar-refractivity contribution in [3.8, 4) is 0 Å². The molecule has 110 valence electrons. The second-order valence-corrected chi connectivity index (χ2v) is 4.20. The number of anilines is 1. The fourth-order valence-electron chi connectivity index (χ4n) is 1.59. The zero-order valence-corrected chi connectivity index (χ0v) is 11.3. The van der Waals surface area contributed by atoms with Crippen molar-refractivity contribution in [3.63, 3.8) is 0 Å². The molecule has 0 aromatic heterocycles. The lowest BCUT2D eigenvalue weighted by atomic mass is 10.2. The number of halogens is 1. The van der Waals surface area contributed by atoms with Crippen molar-refractivity contribution in [1.82, 2.24) is 5.32 Å². The van der Waals surface area contributed by atoms with Gasteiger partial charge in [-0.25, -0.2) is 14.0 Å². The van der Waals surface area contributed by atoms with E-state index < -0.39 is 23.9 Å². The Morgan fingerprint density at radius 3 is 2.70 bits per heavy atom. The van der Waals surface area contributed by atoms with Gasteiger partial charge in [-0.2, -0.15) is 0 Å². The highest BCUT2D eigenvalue weighted by molar-refractivity contribution is 5.92. The number of carboxylic acids is 1. The van der Waals surface area contributed by atoms with Crippen LogP contribution in [-0.2, 0) is 9.53 Å². The number of nitrogens with one attached hydrogen (secondary N) is 2. The minimum absolute atomic E-state index is 0.0286. The number of urea groups is 1. The lowest BCUT2D eigenvalue weighted by Gasteiger charge is -2.15. The van der Waals surface area contributed by atoms with Gasteiger partial charge in [-0.3, -0.25) is 0 Å². The molecule has 0 saturated carbocycles. The summed E-state index contributed by atoms with van der Waals surface area (Å²) < 4.78 is 18.3. The van der Waals surface area contributed by atoms with E-state index in [1.54, 1.807) is 13.0 Å². The Balaban J connectivity index is 2.68. The van der Waals surface area contributed by atoms with Gasteiger partial charge in [0.2, 0.25) is 0 Å². The topological polar surface area (TPSA) is 87.7 Å². The third-order valence-electron chi connectivity index (χ3n) is 2.67. The van der Waals surface area contributed by atoms with Crippen LogP contribution < -0.4 is 10.6 Å². The van der Waals surface area contributed by atoms with Gasteiger partial charge in [-0.15, -0.1) is 0 Å². The molecule has 0 aliphatic carbocycles. The van der Waals surface area contributed by atoms with Crippen molar-refractivity contribution in [2.24, 2.45) is 0 Å². The molecule has 1 unspecified atom stereocenters. The van der Waals surface area contributed by atoms with Crippen LogP contribution in [0.5, 0.6) is 0 Å². The molecule has 0 radical (unpaired) electrons. The summed E-state index contributed by atoms with van der Waals surface area (Å²) in [5.74, 6) is -1.76. The molecule has 3 N–H and O–H groups in total. The number of carbonyl (C=O) groups is 2. The van der Waals surface area contributed by atoms with Gasteiger partial charge in [0.25, 0.3) is 0 Å². The van der Waals surface area contributed by atoms with Crippen molar-refractivity contribution in [2.75, 3.05) is 19.0 Å². The molecule has 0 bridgehead atoms. The minimum atomic E-state index is -1.18. The number of para-hydroxylation sites is 1. The number of hydrogen-bond donors (Lipinski definition) is 3. The minimum Gasteiger partial charge on any atom is -0.480 e. The highest BCUT2D eigenvalue weighted by atomic mass is 19.1. The van der Waals surface area contributed by atoms with Gasteiger partial charge < -0.3 is 20.5 Å². The molecule has 1 aromatic carbocycles. The Morgan fingerprint density at radius 1 is 1.45 bits per heavy atom. The summed E-state index contributed by atoms with van der Waals surface area (Å²) in [5.41, 5.74) is 0.574. The number of carbonyl (C=O) groups excluding carboxylic acids is 1. The third kappa shape index (κ3) is 4.51. The highest BCUT2D eigenvalue weighted by Gasteiger charge is 2.20. The predicted octanol–water partition coefficient (Wildman–Crippen LogP) is 1.75. The average molecular weight is 284 g/mol. The first-order valence-corrected chi connectivity index (χ1v) is 6.00. The van der Waals surface area contributed by atoms with E-state index in [2.05, 4.69) is 10.6 Å². The van der Waals surface area contributed by atoms with Crippen molar-refractivity contribution in [2.45, 2.75) is 19.4 Å². The molecule has 0 fully saturated rings. The summed E-state index contributed by atoms with van der Waals surface area (Å²) in [6, 6.07) is 2.50. The first kappa shape index (κ1) is 15.9. The van der Waals surface area contributed by atoms with Crippen LogP contribution in [0.2, 0.25) is 0 Å². The maximum atomic E-state index is 13.5. The summed E-state index contributed by atoms with van der Waals surface area (Å²) in [5, 5.41) is 13.5. The Bertz CT molecular complexity index is 473. The van der Waals surface area contributed by atoms with E-state index in [1.165, 1.54) is 19.2 Å². The number of benzene rings is 1. The molecule has 1 aromatic rings. The Hall–Kier alpha value is -2.15. The van der Waals surface area contributed by atoms with Crippen LogP contribution in [-0.4, -0.2) is 36.9 Å². The van der Waals surface area contributed by atoms with Crippen molar-refractivity contribution < 1.29 is 23.8 Å². The van der Waals surface area contributed by atoms with Crippen LogP contribution in [0.25, 0.3) is 0 Å². The first-order chi connectivity index (χ1) is 9.45. The number of hydrogen-bond acceptors (Lipinski definition) is 3. The Morgan fingerprint density at radius 2 is 2.15 bits per heavy atom. The van der Waals surface area contributed by atoms with Crippen LogP contribution >= 0.6 is 0 Å². The van der Waals surface area contributed by atoms with Crippen LogP contribution in [0.3, 0.4) is 0 Å². The fraction of sp³-hybridized carbons (Fsp3) is 0.385. The molecule has 7 heteroatoms. The zero-order chi connectivity index (χ0) is 15.1. The Labute approximate surface area is 115 Å². The van der Waals surface area contributed by atoms with E-state index in [1.807, 2.05) is 0 Å². The van der Waals surface area contributed by atoms with E-state index in [-0.39, 0.29) is 18.7 Å². The summed E-state index contributed by atoms with van der Waals surface area (Å²) in [6.07, 6.45) is 0.121. The summed E-state index contributed by atoms with van der Waals surface area (Å²) in [7, 11) is 1.43. The van der Waals surface area contributed by atoms with Gasteiger partial charge in [0.05, 0.1) is 5.69 Å². The number of carboxylic acid groups (broad SMARTS) is 1. The molecular formula is C13H17FN2O4. The van der Waals surface area contributed by atoms with Crippen LogP contribution in [0.1, 0.15) is 12.0 Å². The van der Waals surface area contributed by atoms with Gasteiger partial charge in [0.15, 0.2) is 0 Å². The van der Waals surface area contributed by atoms with Crippen LogP contribution in [0, 0.1) is 12.7 Å². The van der Waals surface area contributed by atoms with E-state index in [0.29, 0.717) is 5.56 Å². The number of amides is 2. The number of aliphatic carboxylic acids is 1. The smallest absolute Gasteiger partial charge is 0.326 e. The summed E-state index contributed by atoms with van der Waals surface area (Å²) in [4.78, 5) is 22.7. The summed E-state index contributed by atoms with van der Waals surface area (Å²) in [6.45, 7) is 1.83. The molecule has 2 amide bonds. The van der Waals surface area contributed by atoms with E-state index in [9.17, 15) is 14.0 Å². The maximum Gasteiger partial charge on any atom is 0.326 e. The number of ether oxygens (including phenoxy) is 1. The second kappa shape index (κ2) is 7.44. The van der Waals surface area contributed by atoms with E-state index >= 15 is 0 Å². The number of rotatable bonds is 6. The van der Waals surface area contributed by atoms with Crippen molar-refractivity contribution in [3.05, 3.63) is 29.6 Å².